The van der Waals surface area contributed by atoms with E-state index in [1.165, 1.54) is 42.0 Å². The lowest BCUT2D eigenvalue weighted by atomic mass is 10.1. The molecule has 1 N–H and O–H groups in total. The monoisotopic (exact) mass is 302 g/mol. The number of hydrogen-bond acceptors (Lipinski definition) is 5. The second-order valence-electron chi connectivity index (χ2n) is 5.48. The quantitative estimate of drug-likeness (QED) is 0.914. The fourth-order valence-electron chi connectivity index (χ4n) is 2.80. The molecule has 1 aromatic heterocycles. The van der Waals surface area contributed by atoms with Gasteiger partial charge in [-0.05, 0) is 37.3 Å². The molecule has 1 aliphatic rings. The first kappa shape index (κ1) is 14.3. The van der Waals surface area contributed by atoms with Gasteiger partial charge >= 0.3 is 0 Å². The Balaban J connectivity index is 1.80. The molecule has 0 unspecified atom stereocenters. The lowest BCUT2D eigenvalue weighted by molar-refractivity contribution is 0.707. The Morgan fingerprint density at radius 1 is 1.29 bits per heavy atom. The Labute approximate surface area is 130 Å². The van der Waals surface area contributed by atoms with Crippen LogP contribution in [0.25, 0.3) is 0 Å². The van der Waals surface area contributed by atoms with Crippen LogP contribution in [-0.2, 0) is 13.0 Å². The van der Waals surface area contributed by atoms with Crippen molar-refractivity contribution in [2.24, 2.45) is 0 Å². The number of rotatable bonds is 5. The molecule has 112 valence electrons. The average molecular weight is 302 g/mol. The molecule has 4 nitrogen and oxygen atoms in total. The maximum atomic E-state index is 4.33. The van der Waals surface area contributed by atoms with E-state index in [-0.39, 0.29) is 0 Å². The average Bonchev–Trinajstić information content (AvgIpc) is 2.85. The third-order valence-corrected chi connectivity index (χ3v) is 4.61. The molecule has 5 heteroatoms. The molecule has 0 saturated heterocycles. The number of nitrogens with zero attached hydrogens (tertiary/aromatic N) is 3. The molecule has 0 atom stereocenters. The summed E-state index contributed by atoms with van der Waals surface area (Å²) in [5, 5.41) is 8.89. The molecule has 2 aromatic rings. The molecular weight excluding hydrogens is 280 g/mol. The van der Waals surface area contributed by atoms with E-state index in [0.29, 0.717) is 0 Å². The molecule has 0 saturated carbocycles. The number of aryl methyl sites for hydroxylation is 1. The number of nitrogens with one attached hydrogen (secondary N) is 1. The van der Waals surface area contributed by atoms with Crippen molar-refractivity contribution in [3.63, 3.8) is 0 Å². The van der Waals surface area contributed by atoms with Crippen molar-refractivity contribution in [3.8, 4) is 0 Å². The van der Waals surface area contributed by atoms with E-state index in [0.717, 1.165) is 36.8 Å². The van der Waals surface area contributed by atoms with Gasteiger partial charge in [0.05, 0.1) is 6.54 Å². The lowest BCUT2D eigenvalue weighted by Gasteiger charge is -2.24. The van der Waals surface area contributed by atoms with Crippen LogP contribution < -0.4 is 10.2 Å². The van der Waals surface area contributed by atoms with Crippen LogP contribution in [-0.4, -0.2) is 22.7 Å². The van der Waals surface area contributed by atoms with E-state index in [1.807, 2.05) is 0 Å². The fourth-order valence-corrected chi connectivity index (χ4v) is 3.40. The Hall–Kier alpha value is -1.62. The largest absolute Gasteiger partial charge is 0.374 e. The number of para-hydroxylation sites is 1. The minimum Gasteiger partial charge on any atom is -0.374 e. The molecule has 0 fully saturated rings. The molecule has 21 heavy (non-hydrogen) atoms. The number of anilines is 2. The predicted octanol–water partition coefficient (Wildman–Crippen LogP) is 3.70. The Bertz CT molecular complexity index is 581. The zero-order valence-electron chi connectivity index (χ0n) is 12.5. The summed E-state index contributed by atoms with van der Waals surface area (Å²) in [6.07, 6.45) is 4.81. The molecule has 0 radical (unpaired) electrons. The molecular formula is C16H22N4S. The van der Waals surface area contributed by atoms with Crippen LogP contribution in [0, 0.1) is 0 Å². The first-order valence-corrected chi connectivity index (χ1v) is 8.53. The maximum Gasteiger partial charge on any atom is 0.135 e. The van der Waals surface area contributed by atoms with Crippen LogP contribution in [0.4, 0.5) is 10.7 Å². The van der Waals surface area contributed by atoms with E-state index in [9.17, 15) is 0 Å². The van der Waals surface area contributed by atoms with E-state index in [1.54, 1.807) is 0 Å². The zero-order chi connectivity index (χ0) is 14.5. The van der Waals surface area contributed by atoms with Gasteiger partial charge in [-0.1, -0.05) is 29.6 Å². The summed E-state index contributed by atoms with van der Waals surface area (Å²) in [5.41, 5.74) is 3.90. The first-order chi connectivity index (χ1) is 10.4. The summed E-state index contributed by atoms with van der Waals surface area (Å²) < 4.78 is 4.12. The second kappa shape index (κ2) is 6.89. The molecule has 0 spiro atoms. The van der Waals surface area contributed by atoms with E-state index in [2.05, 4.69) is 51.0 Å². The van der Waals surface area contributed by atoms with Gasteiger partial charge < -0.3 is 10.2 Å². The van der Waals surface area contributed by atoms with Gasteiger partial charge in [-0.25, -0.2) is 0 Å². The highest BCUT2D eigenvalue weighted by Gasteiger charge is 2.18. The molecule has 1 aromatic carbocycles. The van der Waals surface area contributed by atoms with Crippen LogP contribution >= 0.6 is 11.5 Å². The van der Waals surface area contributed by atoms with Crippen LogP contribution in [0.3, 0.4) is 0 Å². The van der Waals surface area contributed by atoms with Crippen molar-refractivity contribution in [3.05, 3.63) is 35.5 Å². The summed E-state index contributed by atoms with van der Waals surface area (Å²) in [4.78, 5) is 2.45. The SMILES string of the molecule is CCCNc1snnc1CN1CCCCc2ccccc21. The van der Waals surface area contributed by atoms with Gasteiger partial charge in [0.2, 0.25) is 0 Å². The van der Waals surface area contributed by atoms with Crippen molar-refractivity contribution in [2.75, 3.05) is 23.3 Å². The molecule has 2 heterocycles. The van der Waals surface area contributed by atoms with Crippen molar-refractivity contribution in [1.29, 1.82) is 0 Å². The third-order valence-electron chi connectivity index (χ3n) is 3.89. The van der Waals surface area contributed by atoms with Crippen molar-refractivity contribution in [1.82, 2.24) is 9.59 Å². The standard InChI is InChI=1S/C16H22N4S/c1-2-10-17-16-14(18-19-21-16)12-20-11-6-5-8-13-7-3-4-9-15(13)20/h3-4,7,9,17H,2,5-6,8,10-12H2,1H3. The number of benzene rings is 1. The second-order valence-corrected chi connectivity index (χ2v) is 6.24. The van der Waals surface area contributed by atoms with Crippen LogP contribution in [0.1, 0.15) is 37.4 Å². The third kappa shape index (κ3) is 3.35. The Morgan fingerprint density at radius 3 is 3.10 bits per heavy atom. The first-order valence-electron chi connectivity index (χ1n) is 7.76. The summed E-state index contributed by atoms with van der Waals surface area (Å²) in [7, 11) is 0. The van der Waals surface area contributed by atoms with Gasteiger partial charge in [0.25, 0.3) is 0 Å². The molecule has 0 bridgehead atoms. The lowest BCUT2D eigenvalue weighted by Crippen LogP contribution is -2.24. The summed E-state index contributed by atoms with van der Waals surface area (Å²) in [5.74, 6) is 0. The minimum absolute atomic E-state index is 0.847. The van der Waals surface area contributed by atoms with E-state index >= 15 is 0 Å². The van der Waals surface area contributed by atoms with Gasteiger partial charge in [0, 0.05) is 30.3 Å². The predicted molar refractivity (Wildman–Crippen MR) is 89.1 cm³/mol. The maximum absolute atomic E-state index is 4.33. The molecule has 0 amide bonds. The fraction of sp³-hybridized carbons (Fsp3) is 0.500. The van der Waals surface area contributed by atoms with E-state index < -0.39 is 0 Å². The van der Waals surface area contributed by atoms with Crippen molar-refractivity contribution >= 4 is 22.2 Å². The topological polar surface area (TPSA) is 41.1 Å². The number of aromatic nitrogens is 2. The van der Waals surface area contributed by atoms with Crippen LogP contribution in [0.5, 0.6) is 0 Å². The van der Waals surface area contributed by atoms with Crippen LogP contribution in [0.2, 0.25) is 0 Å². The van der Waals surface area contributed by atoms with Crippen molar-refractivity contribution in [2.45, 2.75) is 39.2 Å². The number of hydrogen-bond donors (Lipinski definition) is 1. The smallest absolute Gasteiger partial charge is 0.135 e. The summed E-state index contributed by atoms with van der Waals surface area (Å²) >= 11 is 1.47. The summed E-state index contributed by atoms with van der Waals surface area (Å²) in [6.45, 7) is 5.10. The van der Waals surface area contributed by atoms with E-state index in [4.69, 9.17) is 0 Å². The highest BCUT2D eigenvalue weighted by molar-refractivity contribution is 7.10. The molecule has 3 rings (SSSR count). The van der Waals surface area contributed by atoms with Gasteiger partial charge in [0.1, 0.15) is 10.7 Å². The van der Waals surface area contributed by atoms with Gasteiger partial charge in [-0.15, -0.1) is 5.10 Å². The summed E-state index contributed by atoms with van der Waals surface area (Å²) in [6, 6.07) is 8.76. The highest BCUT2D eigenvalue weighted by atomic mass is 32.1. The normalized spacial score (nSPS) is 14.6. The van der Waals surface area contributed by atoms with Crippen molar-refractivity contribution < 1.29 is 0 Å². The Kier molecular flexibility index (Phi) is 4.70. The molecule has 1 aliphatic heterocycles. The highest BCUT2D eigenvalue weighted by Crippen LogP contribution is 2.29. The minimum atomic E-state index is 0.847. The molecule has 0 aliphatic carbocycles. The Morgan fingerprint density at radius 2 is 2.19 bits per heavy atom. The van der Waals surface area contributed by atoms with Gasteiger partial charge in [-0.2, -0.15) is 0 Å². The van der Waals surface area contributed by atoms with Gasteiger partial charge in [0.15, 0.2) is 0 Å². The number of fused-ring (bicyclic) bond motifs is 1. The van der Waals surface area contributed by atoms with Gasteiger partial charge in [-0.3, -0.25) is 0 Å². The van der Waals surface area contributed by atoms with Crippen LogP contribution in [0.15, 0.2) is 24.3 Å². The zero-order valence-corrected chi connectivity index (χ0v) is 13.3.